The van der Waals surface area contributed by atoms with Gasteiger partial charge in [-0.3, -0.25) is 43.2 Å². The van der Waals surface area contributed by atoms with Gasteiger partial charge in [-0.25, -0.2) is 4.39 Å². The summed E-state index contributed by atoms with van der Waals surface area (Å²) in [6.07, 6.45) is -0.856. The summed E-state index contributed by atoms with van der Waals surface area (Å²) in [7, 11) is 4.46. The number of aryl methyl sites for hydroxylation is 4. The molecule has 0 radical (unpaired) electrons. The van der Waals surface area contributed by atoms with Gasteiger partial charge in [0.25, 0.3) is 5.91 Å². The fraction of sp³-hybridized carbons (Fsp3) is 0.516. The number of hydrogen-bond acceptors (Lipinski definition) is 19. The van der Waals surface area contributed by atoms with Crippen LogP contribution in [-0.4, -0.2) is 177 Å². The van der Waals surface area contributed by atoms with Crippen LogP contribution in [0.1, 0.15) is 193 Å². The van der Waals surface area contributed by atoms with Gasteiger partial charge in [-0.2, -0.15) is 0 Å². The van der Waals surface area contributed by atoms with Crippen molar-refractivity contribution in [2.45, 2.75) is 265 Å². The van der Waals surface area contributed by atoms with Crippen LogP contribution in [0.5, 0.6) is 23.0 Å². The Balaban J connectivity index is 1.47. The summed E-state index contributed by atoms with van der Waals surface area (Å²) >= 11 is 0. The second-order valence-electron chi connectivity index (χ2n) is 34.9. The van der Waals surface area contributed by atoms with Crippen molar-refractivity contribution >= 4 is 53.2 Å². The number of nitrogens with one attached hydrogen (secondary N) is 8. The highest BCUT2D eigenvalue weighted by atomic mass is 19.1. The van der Waals surface area contributed by atoms with E-state index in [9.17, 15) is 14.4 Å². The van der Waals surface area contributed by atoms with E-state index in [-0.39, 0.29) is 30.9 Å². The molecule has 670 valence electrons. The van der Waals surface area contributed by atoms with E-state index in [2.05, 4.69) is 52.6 Å². The quantitative estimate of drug-likeness (QED) is 0.00564. The molecule has 6 aromatic rings. The highest BCUT2D eigenvalue weighted by molar-refractivity contribution is 5.99. The minimum Gasteiger partial charge on any atom is -0.497 e. The lowest BCUT2D eigenvalue weighted by Gasteiger charge is -2.36. The molecule has 0 fully saturated rings. The van der Waals surface area contributed by atoms with E-state index in [1.807, 2.05) is 69.3 Å². The number of ether oxygens (including phenoxy) is 8. The molecule has 0 aromatic heterocycles. The Kier molecular flexibility index (Phi) is 37.9. The number of likely N-dealkylation sites (N-methyl/N-ethyl adjacent to an activating group) is 1. The summed E-state index contributed by atoms with van der Waals surface area (Å²) in [4.78, 5) is 137. The lowest BCUT2D eigenvalue weighted by atomic mass is 9.90. The van der Waals surface area contributed by atoms with Crippen molar-refractivity contribution in [2.75, 3.05) is 47.6 Å². The standard InChI is InChI=1S/C93H129FN12O17/c1-22-62-50-68(118-45-26-25-44-98-106-96)41-42-69(62)63-34-32-60(33-35-63)49-73(83(110)99-72(31-27-28-61-47-56(2)46-57(3)48-61)82(109)103-81(70-43-40-67(116-20)51-76(70)117-21)64-36-38-66(39-37-64)119-55-77(107)97-19)100-84(111)74(52-78(108)123-92(15,16)17)101-85(112)75(54-120-89(6,7)8)102-87(114)80(59(5)122-91(12,13)14)104-88(115)93(18,53-65-29-23-24-30-71(65)94)105-86(113)79(95)58(4)121-90(9,10)11/h23-24,29-30,32-43,46-48,50-51,58-59,72-75,79-81H,22,25-28,31,44-45,49,52-55,95H2,1-21H3,(H,97,107)(H,99,110)(H,100,111)(H,101,112)(H,102,114)(H,103,109)(H,104,115)(H,105,113)/t58-,59-,72+,73+,74+,75+,79+,80+,81?,93+/m1/s1. The van der Waals surface area contributed by atoms with Crippen LogP contribution in [-0.2, 0) is 87.8 Å². The molecule has 1 unspecified atom stereocenters. The minimum atomic E-state index is -2.06. The highest BCUT2D eigenvalue weighted by Crippen LogP contribution is 2.35. The SMILES string of the molecule is CCc1cc(OCCCCN=[N+]=[N-])ccc1-c1ccc(C[C@H](NC(=O)[C@H](CC(=O)OC(C)(C)C)NC(=O)[C@H](COC(C)(C)C)NC(=O)[C@@H](NC(=O)[C@](C)(Cc2ccccc2F)NC(=O)[C@@H](N)[C@@H](C)OC(C)(C)C)[C@@H](C)OC(C)(C)C)C(=O)N[C@@H](CCCc2cc(C)cc(C)c2)C(=O)NC(c2ccc(OCC(=O)NC)cc2)c2ccc(OC)cc2OC)cc1. The van der Waals surface area contributed by atoms with E-state index in [1.165, 1.54) is 53.3 Å². The van der Waals surface area contributed by atoms with Crippen LogP contribution in [0.15, 0.2) is 133 Å². The largest absolute Gasteiger partial charge is 0.497 e. The molecule has 0 bridgehead atoms. The number of halogens is 1. The molecule has 0 spiro atoms. The summed E-state index contributed by atoms with van der Waals surface area (Å²) in [5.74, 6) is -6.80. The van der Waals surface area contributed by atoms with E-state index < -0.39 is 155 Å². The Morgan fingerprint density at radius 3 is 1.76 bits per heavy atom. The van der Waals surface area contributed by atoms with Crippen molar-refractivity contribution in [1.82, 2.24) is 42.5 Å². The van der Waals surface area contributed by atoms with Gasteiger partial charge in [-0.15, -0.1) is 0 Å². The Bertz CT molecular complexity index is 4590. The summed E-state index contributed by atoms with van der Waals surface area (Å²) in [5, 5.41) is 26.0. The molecule has 6 aromatic carbocycles. The molecule has 0 saturated heterocycles. The average Bonchev–Trinajstić information content (AvgIpc) is 0.794. The zero-order chi connectivity index (χ0) is 91.3. The summed E-state index contributed by atoms with van der Waals surface area (Å²) < 4.78 is 63.4. The summed E-state index contributed by atoms with van der Waals surface area (Å²) in [5.41, 5.74) is 16.5. The third-order valence-corrected chi connectivity index (χ3v) is 19.6. The molecule has 123 heavy (non-hydrogen) atoms. The van der Waals surface area contributed by atoms with Gasteiger partial charge in [-0.1, -0.05) is 102 Å². The molecular formula is C93H129FN12O17. The molecule has 30 heteroatoms. The number of methoxy groups -OCH3 is 2. The number of unbranched alkanes of at least 4 members (excludes halogenated alkanes) is 1. The maximum atomic E-state index is 16.0. The smallest absolute Gasteiger partial charge is 0.308 e. The Labute approximate surface area is 723 Å². The molecule has 10 N–H and O–H groups in total. The second kappa shape index (κ2) is 46.4. The van der Waals surface area contributed by atoms with E-state index >= 15 is 33.2 Å². The molecule has 0 aliphatic heterocycles. The number of azide groups is 1. The monoisotopic (exact) mass is 1700 g/mol. The first kappa shape index (κ1) is 101. The number of carbonyl (C=O) groups is 9. The maximum absolute atomic E-state index is 16.0. The molecule has 0 aliphatic rings. The number of rotatable bonds is 45. The van der Waals surface area contributed by atoms with Gasteiger partial charge >= 0.3 is 5.97 Å². The molecule has 0 heterocycles. The van der Waals surface area contributed by atoms with Gasteiger partial charge < -0.3 is 86.2 Å². The van der Waals surface area contributed by atoms with Gasteiger partial charge in [0.05, 0.1) is 68.9 Å². The number of esters is 1. The van der Waals surface area contributed by atoms with E-state index in [0.717, 1.165) is 33.4 Å². The zero-order valence-corrected chi connectivity index (χ0v) is 75.3. The molecule has 6 rings (SSSR count). The van der Waals surface area contributed by atoms with Crippen LogP contribution < -0.4 is 67.2 Å². The van der Waals surface area contributed by atoms with E-state index in [1.54, 1.807) is 151 Å². The normalized spacial score (nSPS) is 14.4. The van der Waals surface area contributed by atoms with Crippen LogP contribution in [0.3, 0.4) is 0 Å². The highest BCUT2D eigenvalue weighted by Gasteiger charge is 2.44. The maximum Gasteiger partial charge on any atom is 0.308 e. The van der Waals surface area contributed by atoms with Crippen LogP contribution in [0.25, 0.3) is 21.6 Å². The summed E-state index contributed by atoms with van der Waals surface area (Å²) in [6.45, 7) is 30.7. The van der Waals surface area contributed by atoms with Crippen molar-refractivity contribution in [2.24, 2.45) is 10.8 Å². The Hall–Kier alpha value is -11.2. The van der Waals surface area contributed by atoms with Gasteiger partial charge in [0.15, 0.2) is 6.61 Å². The van der Waals surface area contributed by atoms with Crippen LogP contribution in [0, 0.1) is 19.7 Å². The topological polar surface area (TPSA) is 398 Å². The molecule has 8 amide bonds. The summed E-state index contributed by atoms with van der Waals surface area (Å²) in [6, 6.07) is 26.0. The first-order valence-electron chi connectivity index (χ1n) is 41.7. The lowest BCUT2D eigenvalue weighted by molar-refractivity contribution is -0.157. The molecule has 10 atom stereocenters. The molecule has 0 aliphatic carbocycles. The predicted molar refractivity (Wildman–Crippen MR) is 469 cm³/mol. The van der Waals surface area contributed by atoms with Gasteiger partial charge in [0, 0.05) is 43.0 Å². The van der Waals surface area contributed by atoms with Crippen molar-refractivity contribution in [1.29, 1.82) is 0 Å². The first-order valence-corrected chi connectivity index (χ1v) is 41.7. The van der Waals surface area contributed by atoms with Crippen molar-refractivity contribution < 1.29 is 85.4 Å². The number of hydrogen-bond donors (Lipinski definition) is 9. The van der Waals surface area contributed by atoms with Gasteiger partial charge in [-0.05, 0) is 243 Å². The third kappa shape index (κ3) is 33.5. The Morgan fingerprint density at radius 2 is 1.16 bits per heavy atom. The number of nitrogens with zero attached hydrogens (tertiary/aromatic N) is 3. The van der Waals surface area contributed by atoms with Crippen molar-refractivity contribution in [3.63, 3.8) is 0 Å². The second-order valence-corrected chi connectivity index (χ2v) is 34.9. The van der Waals surface area contributed by atoms with Crippen molar-refractivity contribution in [3.8, 4) is 34.1 Å². The van der Waals surface area contributed by atoms with E-state index in [4.69, 9.17) is 49.2 Å². The third-order valence-electron chi connectivity index (χ3n) is 19.6. The van der Waals surface area contributed by atoms with Gasteiger partial charge in [0.2, 0.25) is 41.4 Å². The number of amides is 8. The fourth-order valence-electron chi connectivity index (χ4n) is 13.7. The number of benzene rings is 6. The molecule has 0 saturated carbocycles. The van der Waals surface area contributed by atoms with Crippen molar-refractivity contribution in [3.05, 3.63) is 188 Å². The van der Waals surface area contributed by atoms with E-state index in [0.29, 0.717) is 84.9 Å². The van der Waals surface area contributed by atoms with Crippen LogP contribution >= 0.6 is 0 Å². The number of nitrogens with two attached hydrogens (primary N) is 1. The predicted octanol–water partition coefficient (Wildman–Crippen LogP) is 11.6. The molecular weight excluding hydrogens is 1580 g/mol. The van der Waals surface area contributed by atoms with Gasteiger partial charge in [0.1, 0.15) is 76.2 Å². The number of carbonyl (C=O) groups excluding carboxylic acids is 9. The Morgan fingerprint density at radius 1 is 0.569 bits per heavy atom. The zero-order valence-electron chi connectivity index (χ0n) is 75.3. The first-order chi connectivity index (χ1) is 57.7. The van der Waals surface area contributed by atoms with Crippen LogP contribution in [0.4, 0.5) is 4.39 Å². The fourth-order valence-corrected chi connectivity index (χ4v) is 13.7. The average molecular weight is 1710 g/mol. The molecule has 29 nitrogen and oxygen atoms in total. The van der Waals surface area contributed by atoms with Crippen LogP contribution in [0.2, 0.25) is 0 Å². The lowest BCUT2D eigenvalue weighted by Crippen LogP contribution is -2.67. The minimum absolute atomic E-state index is 0.0195.